The molecule has 0 radical (unpaired) electrons. The van der Waals surface area contributed by atoms with Gasteiger partial charge in [-0.05, 0) is 56.0 Å². The normalized spacial score (nSPS) is 17.5. The van der Waals surface area contributed by atoms with Gasteiger partial charge in [-0.3, -0.25) is 14.5 Å². The molecule has 1 saturated carbocycles. The molecule has 0 N–H and O–H groups in total. The van der Waals surface area contributed by atoms with E-state index in [2.05, 4.69) is 0 Å². The van der Waals surface area contributed by atoms with Crippen LogP contribution in [0.2, 0.25) is 0 Å². The Hall–Kier alpha value is -2.89. The summed E-state index contributed by atoms with van der Waals surface area (Å²) in [6.07, 6.45) is 6.50. The van der Waals surface area contributed by atoms with E-state index in [1.54, 1.807) is 18.2 Å². The molecule has 1 aliphatic heterocycles. The van der Waals surface area contributed by atoms with Crippen molar-refractivity contribution in [2.75, 3.05) is 0 Å². The van der Waals surface area contributed by atoms with Crippen LogP contribution in [-0.4, -0.2) is 28.8 Å². The summed E-state index contributed by atoms with van der Waals surface area (Å²) in [5, 5.41) is 0. The van der Waals surface area contributed by atoms with Crippen LogP contribution in [0.4, 0.5) is 0 Å². The van der Waals surface area contributed by atoms with Crippen LogP contribution >= 0.6 is 0 Å². The molecule has 2 heterocycles. The summed E-state index contributed by atoms with van der Waals surface area (Å²) in [5.74, 6) is -0.719. The van der Waals surface area contributed by atoms with Crippen molar-refractivity contribution in [3.05, 3.63) is 59.0 Å². The number of rotatable bonds is 4. The molecule has 1 aromatic carbocycles. The highest BCUT2D eigenvalue weighted by Crippen LogP contribution is 2.27. The van der Waals surface area contributed by atoms with Crippen LogP contribution in [-0.2, 0) is 11.3 Å². The van der Waals surface area contributed by atoms with Gasteiger partial charge in [-0.15, -0.1) is 0 Å². The van der Waals surface area contributed by atoms with Crippen molar-refractivity contribution in [2.24, 2.45) is 0 Å². The van der Waals surface area contributed by atoms with Gasteiger partial charge in [-0.1, -0.05) is 6.42 Å². The van der Waals surface area contributed by atoms with Crippen LogP contribution in [0.5, 0.6) is 0 Å². The molecule has 134 valence electrons. The summed E-state index contributed by atoms with van der Waals surface area (Å²) in [6.45, 7) is 0.0706. The number of benzene rings is 1. The quantitative estimate of drug-likeness (QED) is 0.620. The van der Waals surface area contributed by atoms with Crippen molar-refractivity contribution >= 4 is 17.8 Å². The third kappa shape index (κ3) is 3.03. The van der Waals surface area contributed by atoms with E-state index in [1.807, 2.05) is 0 Å². The third-order valence-electron chi connectivity index (χ3n) is 4.93. The fourth-order valence-electron chi connectivity index (χ4n) is 3.52. The largest absolute Gasteiger partial charge is 0.467 e. The SMILES string of the molecule is O=C(OC1CCCCC1)c1ccc2c(c1)C(=O)N(Cc1ccco1)C2=O. The Morgan fingerprint density at radius 2 is 1.85 bits per heavy atom. The molecule has 6 nitrogen and oxygen atoms in total. The molecule has 26 heavy (non-hydrogen) atoms. The second-order valence-electron chi connectivity index (χ2n) is 6.70. The number of hydrogen-bond acceptors (Lipinski definition) is 5. The van der Waals surface area contributed by atoms with E-state index < -0.39 is 11.9 Å². The summed E-state index contributed by atoms with van der Waals surface area (Å²) in [7, 11) is 0. The van der Waals surface area contributed by atoms with E-state index in [4.69, 9.17) is 9.15 Å². The Kier molecular flexibility index (Phi) is 4.32. The van der Waals surface area contributed by atoms with Gasteiger partial charge in [-0.25, -0.2) is 4.79 Å². The van der Waals surface area contributed by atoms with E-state index in [0.717, 1.165) is 30.6 Å². The second-order valence-corrected chi connectivity index (χ2v) is 6.70. The number of imide groups is 1. The molecule has 0 unspecified atom stereocenters. The first-order chi connectivity index (χ1) is 12.6. The van der Waals surface area contributed by atoms with Crippen LogP contribution in [0.3, 0.4) is 0 Å². The van der Waals surface area contributed by atoms with Gasteiger partial charge in [0.2, 0.25) is 0 Å². The van der Waals surface area contributed by atoms with Crippen molar-refractivity contribution in [3.63, 3.8) is 0 Å². The predicted octanol–water partition coefficient (Wildman–Crippen LogP) is 3.57. The molecule has 1 fully saturated rings. The zero-order chi connectivity index (χ0) is 18.1. The molecule has 6 heteroatoms. The molecule has 2 amide bonds. The molecular weight excluding hydrogens is 334 g/mol. The van der Waals surface area contributed by atoms with Gasteiger partial charge < -0.3 is 9.15 Å². The predicted molar refractivity (Wildman–Crippen MR) is 91.6 cm³/mol. The number of esters is 1. The molecule has 0 saturated heterocycles. The van der Waals surface area contributed by atoms with Crippen molar-refractivity contribution in [1.29, 1.82) is 0 Å². The van der Waals surface area contributed by atoms with E-state index in [1.165, 1.54) is 24.8 Å². The maximum Gasteiger partial charge on any atom is 0.338 e. The molecule has 0 spiro atoms. The summed E-state index contributed by atoms with van der Waals surface area (Å²) < 4.78 is 10.8. The lowest BCUT2D eigenvalue weighted by Gasteiger charge is -2.21. The van der Waals surface area contributed by atoms with E-state index >= 15 is 0 Å². The second kappa shape index (κ2) is 6.78. The Balaban J connectivity index is 1.52. The van der Waals surface area contributed by atoms with Gasteiger partial charge in [0.05, 0.1) is 29.5 Å². The number of carbonyl (C=O) groups is 3. The first-order valence-corrected chi connectivity index (χ1v) is 8.87. The number of amides is 2. The first-order valence-electron chi connectivity index (χ1n) is 8.87. The van der Waals surface area contributed by atoms with Gasteiger partial charge >= 0.3 is 5.97 Å². The summed E-state index contributed by atoms with van der Waals surface area (Å²) in [5.41, 5.74) is 0.839. The highest BCUT2D eigenvalue weighted by atomic mass is 16.5. The highest BCUT2D eigenvalue weighted by molar-refractivity contribution is 6.21. The average molecular weight is 353 g/mol. The number of nitrogens with zero attached hydrogens (tertiary/aromatic N) is 1. The molecule has 0 bridgehead atoms. The highest BCUT2D eigenvalue weighted by Gasteiger charge is 2.36. The smallest absolute Gasteiger partial charge is 0.338 e. The van der Waals surface area contributed by atoms with Crippen molar-refractivity contribution < 1.29 is 23.5 Å². The Bertz CT molecular complexity index is 849. The minimum absolute atomic E-state index is 0.0581. The maximum absolute atomic E-state index is 12.6. The molecule has 2 aromatic rings. The topological polar surface area (TPSA) is 76.8 Å². The lowest BCUT2D eigenvalue weighted by Crippen LogP contribution is -2.28. The van der Waals surface area contributed by atoms with Crippen LogP contribution in [0.1, 0.15) is 68.9 Å². The van der Waals surface area contributed by atoms with Crippen molar-refractivity contribution in [2.45, 2.75) is 44.8 Å². The molecule has 4 rings (SSSR count). The fourth-order valence-corrected chi connectivity index (χ4v) is 3.52. The Labute approximate surface area is 150 Å². The lowest BCUT2D eigenvalue weighted by molar-refractivity contribution is 0.0211. The number of fused-ring (bicyclic) bond motifs is 1. The van der Waals surface area contributed by atoms with Crippen LogP contribution in [0, 0.1) is 0 Å². The van der Waals surface area contributed by atoms with Gasteiger partial charge in [0.1, 0.15) is 11.9 Å². The summed E-state index contributed by atoms with van der Waals surface area (Å²) in [6, 6.07) is 7.94. The Morgan fingerprint density at radius 3 is 2.58 bits per heavy atom. The van der Waals surface area contributed by atoms with Crippen LogP contribution < -0.4 is 0 Å². The molecule has 1 aliphatic carbocycles. The van der Waals surface area contributed by atoms with Crippen LogP contribution in [0.25, 0.3) is 0 Å². The number of hydrogen-bond donors (Lipinski definition) is 0. The Morgan fingerprint density at radius 1 is 1.08 bits per heavy atom. The van der Waals surface area contributed by atoms with Gasteiger partial charge in [0, 0.05) is 0 Å². The molecule has 2 aliphatic rings. The molecular formula is C20H19NO5. The first kappa shape index (κ1) is 16.6. The third-order valence-corrected chi connectivity index (χ3v) is 4.93. The minimum Gasteiger partial charge on any atom is -0.467 e. The lowest BCUT2D eigenvalue weighted by atomic mass is 9.97. The van der Waals surface area contributed by atoms with Crippen LogP contribution in [0.15, 0.2) is 41.0 Å². The maximum atomic E-state index is 12.6. The average Bonchev–Trinajstić information content (AvgIpc) is 3.25. The minimum atomic E-state index is -0.440. The zero-order valence-electron chi connectivity index (χ0n) is 14.3. The van der Waals surface area contributed by atoms with E-state index in [9.17, 15) is 14.4 Å². The summed E-state index contributed by atoms with van der Waals surface area (Å²) >= 11 is 0. The van der Waals surface area contributed by atoms with Crippen molar-refractivity contribution in [3.8, 4) is 0 Å². The standard InChI is InChI=1S/C20H19NO5/c22-18-16-9-8-13(20(24)26-14-5-2-1-3-6-14)11-17(16)19(23)21(18)12-15-7-4-10-25-15/h4,7-11,14H,1-3,5-6,12H2. The van der Waals surface area contributed by atoms with Gasteiger partial charge in [0.25, 0.3) is 11.8 Å². The van der Waals surface area contributed by atoms with Crippen molar-refractivity contribution in [1.82, 2.24) is 4.90 Å². The molecule has 0 atom stereocenters. The monoisotopic (exact) mass is 353 g/mol. The number of furan rings is 1. The number of carbonyl (C=O) groups excluding carboxylic acids is 3. The van der Waals surface area contributed by atoms with Gasteiger partial charge in [0.15, 0.2) is 0 Å². The van der Waals surface area contributed by atoms with E-state index in [0.29, 0.717) is 16.9 Å². The summed E-state index contributed by atoms with van der Waals surface area (Å²) in [4.78, 5) is 38.6. The zero-order valence-corrected chi connectivity index (χ0v) is 14.3. The number of ether oxygens (including phenoxy) is 1. The fraction of sp³-hybridized carbons (Fsp3) is 0.350. The van der Waals surface area contributed by atoms with Gasteiger partial charge in [-0.2, -0.15) is 0 Å². The molecule has 1 aromatic heterocycles. The van der Waals surface area contributed by atoms with E-state index in [-0.39, 0.29) is 24.1 Å².